The van der Waals surface area contributed by atoms with Crippen molar-refractivity contribution in [3.8, 4) is 0 Å². The molecule has 1 aromatic heterocycles. The SMILES string of the molecule is O=c1[nH]c(/C(=C/C2CCC(O)CC2)c2ccc(S(=O)(=O)C3CC3)cc2)ccc1C(F)(F)F. The Morgan fingerprint density at radius 1 is 0.969 bits per heavy atom. The van der Waals surface area contributed by atoms with Crippen LogP contribution >= 0.6 is 0 Å². The lowest BCUT2D eigenvalue weighted by molar-refractivity contribution is -0.138. The summed E-state index contributed by atoms with van der Waals surface area (Å²) in [5, 5.41) is 9.42. The Bertz CT molecular complexity index is 1170. The Hall–Kier alpha value is -2.39. The summed E-state index contributed by atoms with van der Waals surface area (Å²) in [5.74, 6) is 0.0778. The lowest BCUT2D eigenvalue weighted by atomic mass is 9.85. The lowest BCUT2D eigenvalue weighted by Gasteiger charge is -2.24. The summed E-state index contributed by atoms with van der Waals surface area (Å²) in [4.78, 5) is 14.7. The van der Waals surface area contributed by atoms with E-state index in [9.17, 15) is 31.5 Å². The minimum absolute atomic E-state index is 0.0778. The van der Waals surface area contributed by atoms with Gasteiger partial charge in [0.2, 0.25) is 0 Å². The lowest BCUT2D eigenvalue weighted by Crippen LogP contribution is -2.22. The van der Waals surface area contributed by atoms with Crippen LogP contribution in [0.4, 0.5) is 13.2 Å². The fourth-order valence-electron chi connectivity index (χ4n) is 4.09. The van der Waals surface area contributed by atoms with Gasteiger partial charge < -0.3 is 10.1 Å². The van der Waals surface area contributed by atoms with Gasteiger partial charge in [-0.15, -0.1) is 0 Å². The van der Waals surface area contributed by atoms with E-state index in [1.165, 1.54) is 18.2 Å². The summed E-state index contributed by atoms with van der Waals surface area (Å²) < 4.78 is 64.0. The van der Waals surface area contributed by atoms with E-state index < -0.39 is 27.1 Å². The molecule has 4 rings (SSSR count). The number of alkyl halides is 3. The molecule has 0 aliphatic heterocycles. The molecule has 1 heterocycles. The molecule has 5 nitrogen and oxygen atoms in total. The van der Waals surface area contributed by atoms with Crippen LogP contribution in [0.5, 0.6) is 0 Å². The highest BCUT2D eigenvalue weighted by atomic mass is 32.2. The smallest absolute Gasteiger partial charge is 0.393 e. The van der Waals surface area contributed by atoms with Gasteiger partial charge in [0.25, 0.3) is 5.56 Å². The quantitative estimate of drug-likeness (QED) is 0.686. The van der Waals surface area contributed by atoms with Crippen molar-refractivity contribution >= 4 is 15.4 Å². The van der Waals surface area contributed by atoms with Gasteiger partial charge >= 0.3 is 6.18 Å². The Morgan fingerprint density at radius 3 is 2.12 bits per heavy atom. The van der Waals surface area contributed by atoms with Crippen molar-refractivity contribution in [1.29, 1.82) is 0 Å². The normalized spacial score (nSPS) is 22.7. The van der Waals surface area contributed by atoms with Crippen molar-refractivity contribution < 1.29 is 26.7 Å². The summed E-state index contributed by atoms with van der Waals surface area (Å²) >= 11 is 0. The van der Waals surface area contributed by atoms with Gasteiger partial charge in [-0.2, -0.15) is 13.2 Å². The molecular formula is C23H24F3NO4S. The first-order valence-corrected chi connectivity index (χ1v) is 12.2. The van der Waals surface area contributed by atoms with E-state index in [1.54, 1.807) is 12.1 Å². The molecule has 1 aromatic carbocycles. The number of allylic oxidation sites excluding steroid dienone is 1. The van der Waals surface area contributed by atoms with Crippen LogP contribution in [0, 0.1) is 5.92 Å². The predicted molar refractivity (Wildman–Crippen MR) is 114 cm³/mol. The van der Waals surface area contributed by atoms with Gasteiger partial charge in [0.15, 0.2) is 9.84 Å². The molecule has 0 saturated heterocycles. The molecule has 0 unspecified atom stereocenters. The van der Waals surface area contributed by atoms with E-state index in [4.69, 9.17) is 0 Å². The van der Waals surface area contributed by atoms with Crippen LogP contribution in [0.1, 0.15) is 55.3 Å². The summed E-state index contributed by atoms with van der Waals surface area (Å²) in [6.45, 7) is 0. The highest BCUT2D eigenvalue weighted by molar-refractivity contribution is 7.92. The second-order valence-electron chi connectivity index (χ2n) is 8.53. The number of rotatable bonds is 5. The van der Waals surface area contributed by atoms with Crippen LogP contribution in [0.25, 0.3) is 5.57 Å². The number of hydrogen-bond donors (Lipinski definition) is 2. The number of nitrogens with one attached hydrogen (secondary N) is 1. The molecule has 2 N–H and O–H groups in total. The third-order valence-corrected chi connectivity index (χ3v) is 8.38. The summed E-state index contributed by atoms with van der Waals surface area (Å²) in [5.41, 5.74) is -1.14. The van der Waals surface area contributed by atoms with Crippen molar-refractivity contribution in [3.05, 3.63) is 69.6 Å². The Morgan fingerprint density at radius 2 is 1.59 bits per heavy atom. The zero-order valence-corrected chi connectivity index (χ0v) is 18.0. The number of halogens is 3. The topological polar surface area (TPSA) is 87.2 Å². The van der Waals surface area contributed by atoms with E-state index >= 15 is 0 Å². The Balaban J connectivity index is 1.73. The summed E-state index contributed by atoms with van der Waals surface area (Å²) in [7, 11) is -3.36. The van der Waals surface area contributed by atoms with Crippen LogP contribution in [-0.4, -0.2) is 29.9 Å². The van der Waals surface area contributed by atoms with Crippen molar-refractivity contribution in [3.63, 3.8) is 0 Å². The van der Waals surface area contributed by atoms with Crippen molar-refractivity contribution in [2.75, 3.05) is 0 Å². The minimum atomic E-state index is -4.76. The highest BCUT2D eigenvalue weighted by Gasteiger charge is 2.37. The first-order chi connectivity index (χ1) is 15.1. The number of pyridine rings is 1. The van der Waals surface area contributed by atoms with Crippen LogP contribution in [0.2, 0.25) is 0 Å². The van der Waals surface area contributed by atoms with E-state index in [1.807, 2.05) is 6.08 Å². The molecule has 2 saturated carbocycles. The molecule has 2 aliphatic rings. The van der Waals surface area contributed by atoms with Crippen LogP contribution < -0.4 is 5.56 Å². The highest BCUT2D eigenvalue weighted by Crippen LogP contribution is 2.35. The van der Waals surface area contributed by atoms with Gasteiger partial charge in [0.1, 0.15) is 5.56 Å². The molecule has 2 fully saturated rings. The van der Waals surface area contributed by atoms with E-state index in [0.29, 0.717) is 49.7 Å². The second kappa shape index (κ2) is 8.51. The van der Waals surface area contributed by atoms with Gasteiger partial charge in [-0.1, -0.05) is 18.2 Å². The number of aromatic nitrogens is 1. The average Bonchev–Trinajstić information content (AvgIpc) is 3.58. The molecule has 0 radical (unpaired) electrons. The Labute approximate surface area is 183 Å². The standard InChI is InChI=1S/C23H24F3NO4S/c24-23(25,26)20-11-12-21(27-22(20)29)19(13-14-1-5-16(28)6-2-14)15-3-7-17(8-4-15)32(30,31)18-9-10-18/h3-4,7-8,11-14,16,18,28H,1-2,5-6,9-10H2,(H,27,29)/b19-13+. The summed E-state index contributed by atoms with van der Waals surface area (Å²) in [6, 6.07) is 8.23. The third kappa shape index (κ3) is 4.83. The number of aliphatic hydroxyl groups excluding tert-OH is 1. The number of H-pyrrole nitrogens is 1. The maximum Gasteiger partial charge on any atom is 0.421 e. The number of hydrogen-bond acceptors (Lipinski definition) is 4. The van der Waals surface area contributed by atoms with Crippen LogP contribution in [0.15, 0.2) is 52.2 Å². The fourth-order valence-corrected chi connectivity index (χ4v) is 5.75. The van der Waals surface area contributed by atoms with Gasteiger partial charge in [0, 0.05) is 11.3 Å². The van der Waals surface area contributed by atoms with Gasteiger partial charge in [-0.3, -0.25) is 4.79 Å². The maximum absolute atomic E-state index is 13.0. The second-order valence-corrected chi connectivity index (χ2v) is 10.8. The van der Waals surface area contributed by atoms with E-state index in [-0.39, 0.29) is 27.9 Å². The van der Waals surface area contributed by atoms with Crippen LogP contribution in [0.3, 0.4) is 0 Å². The molecule has 32 heavy (non-hydrogen) atoms. The number of sulfone groups is 1. The predicted octanol–water partition coefficient (Wildman–Crippen LogP) is 4.31. The maximum atomic E-state index is 13.0. The molecule has 0 atom stereocenters. The molecule has 0 amide bonds. The average molecular weight is 468 g/mol. The van der Waals surface area contributed by atoms with Gasteiger partial charge in [-0.25, -0.2) is 8.42 Å². The molecule has 2 aromatic rings. The summed E-state index contributed by atoms with van der Waals surface area (Å²) in [6.07, 6.45) is 0.746. The molecule has 172 valence electrons. The molecule has 0 bridgehead atoms. The zero-order valence-electron chi connectivity index (χ0n) is 17.2. The number of aromatic amines is 1. The van der Waals surface area contributed by atoms with Crippen molar-refractivity contribution in [2.45, 2.75) is 61.0 Å². The van der Waals surface area contributed by atoms with Crippen LogP contribution in [-0.2, 0) is 16.0 Å². The first kappa shape index (κ1) is 22.8. The molecule has 2 aliphatic carbocycles. The molecular weight excluding hydrogens is 443 g/mol. The number of aliphatic hydroxyl groups is 1. The monoisotopic (exact) mass is 467 g/mol. The minimum Gasteiger partial charge on any atom is -0.393 e. The third-order valence-electron chi connectivity index (χ3n) is 6.11. The van der Waals surface area contributed by atoms with E-state index in [0.717, 1.165) is 6.07 Å². The Kier molecular flexibility index (Phi) is 6.06. The van der Waals surface area contributed by atoms with Crippen molar-refractivity contribution in [2.24, 2.45) is 5.92 Å². The largest absolute Gasteiger partial charge is 0.421 e. The zero-order chi connectivity index (χ0) is 23.1. The van der Waals surface area contributed by atoms with Crippen molar-refractivity contribution in [1.82, 2.24) is 4.98 Å². The fraction of sp³-hybridized carbons (Fsp3) is 0.435. The molecule has 9 heteroatoms. The van der Waals surface area contributed by atoms with E-state index in [2.05, 4.69) is 4.98 Å². The van der Waals surface area contributed by atoms with Gasteiger partial charge in [0.05, 0.1) is 16.2 Å². The molecule has 0 spiro atoms. The first-order valence-electron chi connectivity index (χ1n) is 10.6. The van der Waals surface area contributed by atoms with Gasteiger partial charge in [-0.05, 0) is 74.3 Å². The number of benzene rings is 1.